The number of hydrogen-bond acceptors (Lipinski definition) is 7. The van der Waals surface area contributed by atoms with Gasteiger partial charge in [0.05, 0.1) is 38.2 Å². The number of benzene rings is 2. The number of amides is 1. The number of fused-ring (bicyclic) bond motifs is 1. The van der Waals surface area contributed by atoms with Gasteiger partial charge in [0.15, 0.2) is 11.5 Å². The van der Waals surface area contributed by atoms with Crippen LogP contribution < -0.4 is 25.8 Å². The summed E-state index contributed by atoms with van der Waals surface area (Å²) in [5.41, 5.74) is 12.3. The van der Waals surface area contributed by atoms with E-state index < -0.39 is 5.91 Å². The Hall–Kier alpha value is -4.11. The van der Waals surface area contributed by atoms with E-state index in [2.05, 4.69) is 38.6 Å². The SMILES string of the molecule is CCc1c(CNCCc2cnc[nH]2)cccc1Nc1c(CC(N)=O)cnc2cc(OC)c(OC)cc12. The zero-order valence-electron chi connectivity index (χ0n) is 20.9. The Kier molecular flexibility index (Phi) is 8.02. The molecule has 0 aliphatic heterocycles. The van der Waals surface area contributed by atoms with Crippen LogP contribution in [0.15, 0.2) is 49.1 Å². The highest BCUT2D eigenvalue weighted by Gasteiger charge is 2.17. The predicted molar refractivity (Wildman–Crippen MR) is 141 cm³/mol. The number of nitrogens with one attached hydrogen (secondary N) is 3. The molecule has 36 heavy (non-hydrogen) atoms. The van der Waals surface area contributed by atoms with E-state index in [4.69, 9.17) is 15.2 Å². The molecule has 0 saturated carbocycles. The zero-order valence-corrected chi connectivity index (χ0v) is 20.9. The summed E-state index contributed by atoms with van der Waals surface area (Å²) in [7, 11) is 3.18. The Balaban J connectivity index is 1.67. The van der Waals surface area contributed by atoms with Crippen molar-refractivity contribution in [1.29, 1.82) is 0 Å². The van der Waals surface area contributed by atoms with Crippen molar-refractivity contribution in [3.63, 3.8) is 0 Å². The number of aromatic nitrogens is 3. The Bertz CT molecular complexity index is 1340. The molecular formula is C27H32N6O3. The van der Waals surface area contributed by atoms with Gasteiger partial charge in [-0.15, -0.1) is 0 Å². The van der Waals surface area contributed by atoms with E-state index in [-0.39, 0.29) is 6.42 Å². The maximum absolute atomic E-state index is 11.8. The van der Waals surface area contributed by atoms with E-state index in [1.807, 2.05) is 30.5 Å². The van der Waals surface area contributed by atoms with Gasteiger partial charge in [0.25, 0.3) is 0 Å². The van der Waals surface area contributed by atoms with Gasteiger partial charge in [-0.3, -0.25) is 9.78 Å². The van der Waals surface area contributed by atoms with E-state index >= 15 is 0 Å². The number of anilines is 2. The molecule has 9 heteroatoms. The topological polar surface area (TPSA) is 127 Å². The lowest BCUT2D eigenvalue weighted by molar-refractivity contribution is -0.117. The van der Waals surface area contributed by atoms with Crippen molar-refractivity contribution < 1.29 is 14.3 Å². The molecule has 0 aliphatic rings. The van der Waals surface area contributed by atoms with Gasteiger partial charge in [-0.05, 0) is 29.7 Å². The molecule has 4 rings (SSSR count). The molecule has 0 unspecified atom stereocenters. The maximum Gasteiger partial charge on any atom is 0.221 e. The third-order valence-corrected chi connectivity index (χ3v) is 6.14. The molecule has 0 aliphatic carbocycles. The summed E-state index contributed by atoms with van der Waals surface area (Å²) in [4.78, 5) is 23.6. The van der Waals surface area contributed by atoms with Crippen LogP contribution >= 0.6 is 0 Å². The summed E-state index contributed by atoms with van der Waals surface area (Å²) in [6, 6.07) is 9.92. The number of nitrogens with zero attached hydrogens (tertiary/aromatic N) is 2. The van der Waals surface area contributed by atoms with Crippen LogP contribution in [0.2, 0.25) is 0 Å². The lowest BCUT2D eigenvalue weighted by atomic mass is 10.0. The van der Waals surface area contributed by atoms with Crippen molar-refractivity contribution in [3.05, 3.63) is 71.4 Å². The number of hydrogen-bond donors (Lipinski definition) is 4. The Morgan fingerprint density at radius 2 is 1.92 bits per heavy atom. The van der Waals surface area contributed by atoms with E-state index in [0.717, 1.165) is 53.9 Å². The van der Waals surface area contributed by atoms with E-state index in [0.29, 0.717) is 17.1 Å². The molecule has 0 spiro atoms. The van der Waals surface area contributed by atoms with Gasteiger partial charge in [0, 0.05) is 60.3 Å². The van der Waals surface area contributed by atoms with Gasteiger partial charge in [0.2, 0.25) is 5.91 Å². The fraction of sp³-hybridized carbons (Fsp3) is 0.296. The highest BCUT2D eigenvalue weighted by atomic mass is 16.5. The molecule has 5 N–H and O–H groups in total. The van der Waals surface area contributed by atoms with Crippen molar-refractivity contribution in [2.75, 3.05) is 26.1 Å². The molecule has 2 heterocycles. The molecule has 4 aromatic rings. The molecular weight excluding hydrogens is 456 g/mol. The number of aromatic amines is 1. The van der Waals surface area contributed by atoms with E-state index in [1.165, 1.54) is 11.1 Å². The lowest BCUT2D eigenvalue weighted by Gasteiger charge is -2.20. The summed E-state index contributed by atoms with van der Waals surface area (Å²) < 4.78 is 11.0. The summed E-state index contributed by atoms with van der Waals surface area (Å²) in [5, 5.41) is 7.94. The van der Waals surface area contributed by atoms with Gasteiger partial charge in [-0.25, -0.2) is 4.98 Å². The lowest BCUT2D eigenvalue weighted by Crippen LogP contribution is -2.18. The molecule has 188 valence electrons. The fourth-order valence-corrected chi connectivity index (χ4v) is 4.37. The number of pyridine rings is 1. The number of methoxy groups -OCH3 is 2. The number of carbonyl (C=O) groups is 1. The first-order valence-corrected chi connectivity index (χ1v) is 11.9. The molecule has 0 fully saturated rings. The second-order valence-corrected chi connectivity index (χ2v) is 8.45. The number of rotatable bonds is 12. The third-order valence-electron chi connectivity index (χ3n) is 6.14. The molecule has 0 bridgehead atoms. The van der Waals surface area contributed by atoms with Crippen LogP contribution in [0.25, 0.3) is 10.9 Å². The van der Waals surface area contributed by atoms with E-state index in [9.17, 15) is 4.79 Å². The molecule has 0 saturated heterocycles. The number of carbonyl (C=O) groups excluding carboxylic acids is 1. The van der Waals surface area contributed by atoms with Crippen molar-refractivity contribution in [2.24, 2.45) is 5.73 Å². The quantitative estimate of drug-likeness (QED) is 0.224. The Morgan fingerprint density at radius 1 is 1.11 bits per heavy atom. The van der Waals surface area contributed by atoms with Crippen LogP contribution in [0, 0.1) is 0 Å². The normalized spacial score (nSPS) is 11.0. The number of primary amides is 1. The van der Waals surface area contributed by atoms with Gasteiger partial charge in [0.1, 0.15) is 0 Å². The second-order valence-electron chi connectivity index (χ2n) is 8.45. The minimum atomic E-state index is -0.425. The Morgan fingerprint density at radius 3 is 2.61 bits per heavy atom. The second kappa shape index (κ2) is 11.5. The van der Waals surface area contributed by atoms with Crippen LogP contribution in [-0.2, 0) is 30.6 Å². The van der Waals surface area contributed by atoms with E-state index in [1.54, 1.807) is 26.7 Å². The molecule has 0 atom stereocenters. The van der Waals surface area contributed by atoms with Crippen LogP contribution in [0.1, 0.15) is 29.3 Å². The molecule has 2 aromatic carbocycles. The standard InChI is InChI=1S/C27H32N6O3/c1-4-20-17(13-29-9-8-19-15-30-16-32-19)6-5-7-22(20)33-27-18(10-26(28)34)14-31-23-12-25(36-3)24(35-2)11-21(23)27/h5-7,11-12,14-16,29H,4,8-10,13H2,1-3H3,(H2,28,34)(H,30,32)(H,31,33). The number of nitrogens with two attached hydrogens (primary N) is 1. The highest BCUT2D eigenvalue weighted by molar-refractivity contribution is 5.98. The fourth-order valence-electron chi connectivity index (χ4n) is 4.37. The first-order chi connectivity index (χ1) is 17.5. The van der Waals surface area contributed by atoms with Crippen molar-refractivity contribution in [3.8, 4) is 11.5 Å². The van der Waals surface area contributed by atoms with Crippen LogP contribution in [0.5, 0.6) is 11.5 Å². The maximum atomic E-state index is 11.8. The number of ether oxygens (including phenoxy) is 2. The van der Waals surface area contributed by atoms with Crippen LogP contribution in [-0.4, -0.2) is 41.6 Å². The van der Waals surface area contributed by atoms with Crippen molar-refractivity contribution >= 4 is 28.2 Å². The summed E-state index contributed by atoms with van der Waals surface area (Å²) >= 11 is 0. The van der Waals surface area contributed by atoms with Gasteiger partial charge in [-0.1, -0.05) is 19.1 Å². The average Bonchev–Trinajstić information content (AvgIpc) is 3.40. The average molecular weight is 489 g/mol. The first kappa shape index (κ1) is 25.0. The first-order valence-electron chi connectivity index (χ1n) is 11.9. The molecule has 0 radical (unpaired) electrons. The molecule has 1 amide bonds. The summed E-state index contributed by atoms with van der Waals surface area (Å²) in [5.74, 6) is 0.742. The number of imidazole rings is 1. The van der Waals surface area contributed by atoms with Crippen molar-refractivity contribution in [2.45, 2.75) is 32.7 Å². The predicted octanol–water partition coefficient (Wildman–Crippen LogP) is 3.64. The van der Waals surface area contributed by atoms with Gasteiger partial charge in [-0.2, -0.15) is 0 Å². The van der Waals surface area contributed by atoms with Crippen LogP contribution in [0.4, 0.5) is 11.4 Å². The molecule has 9 nitrogen and oxygen atoms in total. The third kappa shape index (κ3) is 5.58. The largest absolute Gasteiger partial charge is 0.493 e. The van der Waals surface area contributed by atoms with Crippen LogP contribution in [0.3, 0.4) is 0 Å². The molecule has 2 aromatic heterocycles. The summed E-state index contributed by atoms with van der Waals surface area (Å²) in [6.07, 6.45) is 7.01. The zero-order chi connectivity index (χ0) is 25.5. The van der Waals surface area contributed by atoms with Gasteiger partial charge >= 0.3 is 0 Å². The Labute approximate surface area is 210 Å². The minimum Gasteiger partial charge on any atom is -0.493 e. The van der Waals surface area contributed by atoms with Gasteiger partial charge < -0.3 is 30.8 Å². The minimum absolute atomic E-state index is 0.0654. The monoisotopic (exact) mass is 488 g/mol. The highest BCUT2D eigenvalue weighted by Crippen LogP contribution is 2.38. The van der Waals surface area contributed by atoms with Crippen molar-refractivity contribution in [1.82, 2.24) is 20.3 Å². The smallest absolute Gasteiger partial charge is 0.221 e. The summed E-state index contributed by atoms with van der Waals surface area (Å²) in [6.45, 7) is 3.71. The number of H-pyrrole nitrogens is 1.